The summed E-state index contributed by atoms with van der Waals surface area (Å²) in [6.45, 7) is 6.02. The van der Waals surface area contributed by atoms with Gasteiger partial charge in [0.1, 0.15) is 5.75 Å². The second-order valence-electron chi connectivity index (χ2n) is 4.36. The average Bonchev–Trinajstić information content (AvgIpc) is 2.30. The van der Waals surface area contributed by atoms with Crippen molar-refractivity contribution >= 4 is 12.4 Å². The zero-order chi connectivity index (χ0) is 11.4. The highest BCUT2D eigenvalue weighted by molar-refractivity contribution is 5.85. The summed E-state index contributed by atoms with van der Waals surface area (Å²) < 4.78 is 5.53. The summed E-state index contributed by atoms with van der Waals surface area (Å²) in [6.07, 6.45) is 3.58. The monoisotopic (exact) mass is 255 g/mol. The van der Waals surface area contributed by atoms with Crippen LogP contribution in [0.2, 0.25) is 0 Å². The highest BCUT2D eigenvalue weighted by atomic mass is 35.5. The van der Waals surface area contributed by atoms with Gasteiger partial charge in [-0.05, 0) is 56.0 Å². The number of fused-ring (bicyclic) bond motifs is 1. The van der Waals surface area contributed by atoms with Crippen molar-refractivity contribution in [3.8, 4) is 5.75 Å². The molecule has 0 radical (unpaired) electrons. The third-order valence-electron chi connectivity index (χ3n) is 3.21. The van der Waals surface area contributed by atoms with Crippen LogP contribution in [0.3, 0.4) is 0 Å². The van der Waals surface area contributed by atoms with Crippen LogP contribution in [0.5, 0.6) is 5.75 Å². The molecule has 0 saturated heterocycles. The number of hydrogen-bond donors (Lipinski definition) is 1. The van der Waals surface area contributed by atoms with Crippen LogP contribution < -0.4 is 10.1 Å². The van der Waals surface area contributed by atoms with E-state index in [0.29, 0.717) is 6.04 Å². The minimum atomic E-state index is 0. The van der Waals surface area contributed by atoms with Gasteiger partial charge in [-0.25, -0.2) is 0 Å². The fraction of sp³-hybridized carbons (Fsp3) is 0.571. The molecule has 2 nitrogen and oxygen atoms in total. The van der Waals surface area contributed by atoms with E-state index >= 15 is 0 Å². The van der Waals surface area contributed by atoms with Crippen molar-refractivity contribution in [2.75, 3.05) is 13.2 Å². The Hall–Kier alpha value is -0.730. The first kappa shape index (κ1) is 14.3. The Morgan fingerprint density at radius 2 is 2.12 bits per heavy atom. The van der Waals surface area contributed by atoms with E-state index in [0.717, 1.165) is 25.3 Å². The SMILES string of the molecule is CCNC1CCc2cc(OCC)ccc2C1.Cl. The Bertz CT molecular complexity index is 354. The second-order valence-corrected chi connectivity index (χ2v) is 4.36. The number of benzene rings is 1. The van der Waals surface area contributed by atoms with Gasteiger partial charge >= 0.3 is 0 Å². The first-order valence-electron chi connectivity index (χ1n) is 6.31. The molecule has 0 saturated carbocycles. The summed E-state index contributed by atoms with van der Waals surface area (Å²) in [5.74, 6) is 1.02. The molecule has 0 spiro atoms. The molecule has 0 amide bonds. The van der Waals surface area contributed by atoms with Gasteiger partial charge in [-0.1, -0.05) is 13.0 Å². The van der Waals surface area contributed by atoms with E-state index in [9.17, 15) is 0 Å². The first-order chi connectivity index (χ1) is 7.83. The van der Waals surface area contributed by atoms with Gasteiger partial charge in [0, 0.05) is 6.04 Å². The van der Waals surface area contributed by atoms with Gasteiger partial charge in [-0.2, -0.15) is 0 Å². The van der Waals surface area contributed by atoms with Gasteiger partial charge in [0.05, 0.1) is 6.61 Å². The molecular formula is C14H22ClNO. The Morgan fingerprint density at radius 3 is 2.82 bits per heavy atom. The van der Waals surface area contributed by atoms with Crippen molar-refractivity contribution in [1.29, 1.82) is 0 Å². The standard InChI is InChI=1S/C14H21NO.ClH/c1-3-15-13-7-5-12-10-14(16-4-2)8-6-11(12)9-13;/h6,8,10,13,15H,3-5,7,9H2,1-2H3;1H. The Balaban J connectivity index is 0.00000144. The van der Waals surface area contributed by atoms with E-state index in [1.165, 1.54) is 24.0 Å². The molecular weight excluding hydrogens is 234 g/mol. The van der Waals surface area contributed by atoms with Crippen molar-refractivity contribution in [2.24, 2.45) is 0 Å². The lowest BCUT2D eigenvalue weighted by Crippen LogP contribution is -2.34. The summed E-state index contributed by atoms with van der Waals surface area (Å²) in [5.41, 5.74) is 2.96. The van der Waals surface area contributed by atoms with E-state index in [4.69, 9.17) is 4.74 Å². The molecule has 1 atom stereocenters. The minimum Gasteiger partial charge on any atom is -0.494 e. The summed E-state index contributed by atoms with van der Waals surface area (Å²) in [6, 6.07) is 7.19. The number of halogens is 1. The minimum absolute atomic E-state index is 0. The molecule has 0 heterocycles. The van der Waals surface area contributed by atoms with E-state index in [-0.39, 0.29) is 12.4 Å². The van der Waals surface area contributed by atoms with Gasteiger partial charge in [0.25, 0.3) is 0 Å². The van der Waals surface area contributed by atoms with Crippen molar-refractivity contribution in [3.05, 3.63) is 29.3 Å². The number of aryl methyl sites for hydroxylation is 1. The Labute approximate surface area is 110 Å². The van der Waals surface area contributed by atoms with Crippen molar-refractivity contribution in [3.63, 3.8) is 0 Å². The quantitative estimate of drug-likeness (QED) is 0.893. The Morgan fingerprint density at radius 1 is 1.29 bits per heavy atom. The number of rotatable bonds is 4. The van der Waals surface area contributed by atoms with E-state index in [1.807, 2.05) is 6.92 Å². The predicted octanol–water partition coefficient (Wildman–Crippen LogP) is 2.97. The number of likely N-dealkylation sites (N-methyl/N-ethyl adjacent to an activating group) is 1. The van der Waals surface area contributed by atoms with E-state index in [2.05, 4.69) is 30.4 Å². The molecule has 1 aliphatic carbocycles. The van der Waals surface area contributed by atoms with Crippen molar-refractivity contribution in [1.82, 2.24) is 5.32 Å². The summed E-state index contributed by atoms with van der Waals surface area (Å²) in [7, 11) is 0. The highest BCUT2D eigenvalue weighted by Gasteiger charge is 2.17. The number of hydrogen-bond acceptors (Lipinski definition) is 2. The van der Waals surface area contributed by atoms with E-state index in [1.54, 1.807) is 0 Å². The maximum absolute atomic E-state index is 5.53. The highest BCUT2D eigenvalue weighted by Crippen LogP contribution is 2.25. The molecule has 1 N–H and O–H groups in total. The molecule has 0 aromatic heterocycles. The van der Waals surface area contributed by atoms with Crippen molar-refractivity contribution < 1.29 is 4.74 Å². The average molecular weight is 256 g/mol. The molecule has 96 valence electrons. The maximum atomic E-state index is 5.53. The molecule has 1 aromatic rings. The molecule has 0 bridgehead atoms. The summed E-state index contributed by atoms with van der Waals surface area (Å²) in [5, 5.41) is 3.53. The fourth-order valence-electron chi connectivity index (χ4n) is 2.45. The normalized spacial score (nSPS) is 18.1. The largest absolute Gasteiger partial charge is 0.494 e. The maximum Gasteiger partial charge on any atom is 0.119 e. The third-order valence-corrected chi connectivity index (χ3v) is 3.21. The Kier molecular flexibility index (Phi) is 5.79. The topological polar surface area (TPSA) is 21.3 Å². The summed E-state index contributed by atoms with van der Waals surface area (Å²) in [4.78, 5) is 0. The zero-order valence-corrected chi connectivity index (χ0v) is 11.5. The van der Waals surface area contributed by atoms with Crippen LogP contribution in [0, 0.1) is 0 Å². The molecule has 3 heteroatoms. The molecule has 1 aliphatic rings. The number of ether oxygens (including phenoxy) is 1. The first-order valence-corrected chi connectivity index (χ1v) is 6.31. The van der Waals surface area contributed by atoms with Crippen molar-refractivity contribution in [2.45, 2.75) is 39.2 Å². The number of nitrogens with one attached hydrogen (secondary N) is 1. The fourth-order valence-corrected chi connectivity index (χ4v) is 2.45. The van der Waals surface area contributed by atoms with Crippen LogP contribution in [0.1, 0.15) is 31.4 Å². The van der Waals surface area contributed by atoms with Crippen LogP contribution in [0.4, 0.5) is 0 Å². The lowest BCUT2D eigenvalue weighted by molar-refractivity contribution is 0.339. The molecule has 1 aromatic carbocycles. The van der Waals surface area contributed by atoms with Gasteiger partial charge < -0.3 is 10.1 Å². The molecule has 1 unspecified atom stereocenters. The van der Waals surface area contributed by atoms with Crippen LogP contribution in [-0.4, -0.2) is 19.2 Å². The van der Waals surface area contributed by atoms with E-state index < -0.39 is 0 Å². The smallest absolute Gasteiger partial charge is 0.119 e. The van der Waals surface area contributed by atoms with Gasteiger partial charge in [-0.15, -0.1) is 12.4 Å². The molecule has 17 heavy (non-hydrogen) atoms. The molecule has 0 fully saturated rings. The van der Waals surface area contributed by atoms with Gasteiger partial charge in [0.15, 0.2) is 0 Å². The van der Waals surface area contributed by atoms with Gasteiger partial charge in [0.2, 0.25) is 0 Å². The predicted molar refractivity (Wildman–Crippen MR) is 74.3 cm³/mol. The van der Waals surface area contributed by atoms with Crippen LogP contribution in [0.15, 0.2) is 18.2 Å². The third kappa shape index (κ3) is 3.62. The molecule has 2 rings (SSSR count). The lowest BCUT2D eigenvalue weighted by Gasteiger charge is -2.25. The van der Waals surface area contributed by atoms with Crippen LogP contribution >= 0.6 is 12.4 Å². The van der Waals surface area contributed by atoms with Crippen LogP contribution in [0.25, 0.3) is 0 Å². The lowest BCUT2D eigenvalue weighted by atomic mass is 9.88. The van der Waals surface area contributed by atoms with Gasteiger partial charge in [-0.3, -0.25) is 0 Å². The molecule has 0 aliphatic heterocycles. The second kappa shape index (κ2) is 6.87. The van der Waals surface area contributed by atoms with Crippen LogP contribution in [-0.2, 0) is 12.8 Å². The summed E-state index contributed by atoms with van der Waals surface area (Å²) >= 11 is 0. The zero-order valence-electron chi connectivity index (χ0n) is 10.7.